The Kier molecular flexibility index (Phi) is 5.87. The van der Waals surface area contributed by atoms with Gasteiger partial charge >= 0.3 is 6.18 Å². The van der Waals surface area contributed by atoms with Gasteiger partial charge in [0.2, 0.25) is 0 Å². The summed E-state index contributed by atoms with van der Waals surface area (Å²) in [7, 11) is -3.40. The quantitative estimate of drug-likeness (QED) is 0.293. The molecule has 0 aliphatic rings. The molecule has 0 spiro atoms. The summed E-state index contributed by atoms with van der Waals surface area (Å²) >= 11 is 13.4. The highest BCUT2D eigenvalue weighted by molar-refractivity contribution is 7.90. The number of benzene rings is 2. The molecule has 0 saturated heterocycles. The average Bonchev–Trinajstić information content (AvgIpc) is 3.34. The molecule has 0 radical (unpaired) electrons. The molecule has 0 unspecified atom stereocenters. The maximum atomic E-state index is 13.4. The van der Waals surface area contributed by atoms with Crippen LogP contribution < -0.4 is 0 Å². The molecule has 0 N–H and O–H groups in total. The third-order valence-corrected chi connectivity index (χ3v) is 7.35. The summed E-state index contributed by atoms with van der Waals surface area (Å²) in [5, 5.41) is 4.23. The van der Waals surface area contributed by atoms with E-state index in [2.05, 4.69) is 5.10 Å². The molecule has 32 heavy (non-hydrogen) atoms. The minimum atomic E-state index is -4.65. The molecular weight excluding hydrogens is 504 g/mol. The molecule has 0 aliphatic carbocycles. The molecule has 2 aromatic heterocycles. The van der Waals surface area contributed by atoms with Crippen LogP contribution in [0.3, 0.4) is 0 Å². The lowest BCUT2D eigenvalue weighted by molar-refractivity contribution is -0.141. The van der Waals surface area contributed by atoms with Crippen LogP contribution in [0.2, 0.25) is 10.0 Å². The maximum Gasteiger partial charge on any atom is 0.435 e. The first-order valence-corrected chi connectivity index (χ1v) is 12.4. The zero-order valence-corrected chi connectivity index (χ0v) is 19.3. The highest BCUT2D eigenvalue weighted by Gasteiger charge is 2.35. The van der Waals surface area contributed by atoms with Crippen LogP contribution in [0, 0.1) is 0 Å². The fourth-order valence-corrected chi connectivity index (χ4v) is 5.20. The molecule has 0 saturated carbocycles. The summed E-state index contributed by atoms with van der Waals surface area (Å²) in [5.41, 5.74) is 0.0102. The number of hydrogen-bond acceptors (Lipinski definition) is 4. The minimum absolute atomic E-state index is 0.146. The zero-order chi connectivity index (χ0) is 23.3. The molecule has 4 aromatic rings. The van der Waals surface area contributed by atoms with E-state index in [9.17, 15) is 21.6 Å². The number of thiophene rings is 1. The van der Waals surface area contributed by atoms with Crippen LogP contribution in [-0.2, 0) is 16.0 Å². The van der Waals surface area contributed by atoms with Crippen molar-refractivity contribution < 1.29 is 21.6 Å². The average molecular weight is 517 g/mol. The Labute approximate surface area is 195 Å². The predicted molar refractivity (Wildman–Crippen MR) is 120 cm³/mol. The van der Waals surface area contributed by atoms with Gasteiger partial charge in [0.15, 0.2) is 15.5 Å². The molecular formula is C21H13Cl2F3N2O2S2. The van der Waals surface area contributed by atoms with Crippen molar-refractivity contribution in [3.05, 3.63) is 76.4 Å². The molecule has 0 aliphatic heterocycles. The van der Waals surface area contributed by atoms with Crippen molar-refractivity contribution in [2.45, 2.75) is 11.1 Å². The summed E-state index contributed by atoms with van der Waals surface area (Å²) in [6.45, 7) is 0. The lowest BCUT2D eigenvalue weighted by atomic mass is 10.2. The Morgan fingerprint density at radius 1 is 0.969 bits per heavy atom. The predicted octanol–water partition coefficient (Wildman–Crippen LogP) is 7.00. The van der Waals surface area contributed by atoms with Crippen molar-refractivity contribution in [2.75, 3.05) is 6.26 Å². The Bertz CT molecular complexity index is 1430. The Balaban J connectivity index is 1.85. The molecule has 0 bridgehead atoms. The second-order valence-electron chi connectivity index (χ2n) is 6.88. The van der Waals surface area contributed by atoms with Crippen LogP contribution in [0.5, 0.6) is 0 Å². The number of halogens is 5. The van der Waals surface area contributed by atoms with Gasteiger partial charge in [0.05, 0.1) is 26.2 Å². The van der Waals surface area contributed by atoms with Crippen LogP contribution >= 0.6 is 34.5 Å². The van der Waals surface area contributed by atoms with Crippen LogP contribution in [0.1, 0.15) is 5.69 Å². The Morgan fingerprint density at radius 2 is 1.69 bits per heavy atom. The molecule has 11 heteroatoms. The molecule has 4 rings (SSSR count). The van der Waals surface area contributed by atoms with E-state index in [0.717, 1.165) is 17.0 Å². The van der Waals surface area contributed by atoms with E-state index in [1.54, 1.807) is 24.3 Å². The lowest BCUT2D eigenvalue weighted by Gasteiger charge is -2.09. The summed E-state index contributed by atoms with van der Waals surface area (Å²) in [5.74, 6) is 0. The van der Waals surface area contributed by atoms with Crippen molar-refractivity contribution >= 4 is 44.4 Å². The van der Waals surface area contributed by atoms with Gasteiger partial charge in [-0.05, 0) is 54.1 Å². The highest BCUT2D eigenvalue weighted by Crippen LogP contribution is 2.40. The number of nitrogens with zero attached hydrogens (tertiary/aromatic N) is 2. The first-order chi connectivity index (χ1) is 14.9. The highest BCUT2D eigenvalue weighted by atomic mass is 35.5. The summed E-state index contributed by atoms with van der Waals surface area (Å²) < 4.78 is 65.1. The van der Waals surface area contributed by atoms with E-state index in [1.165, 1.54) is 41.7 Å². The minimum Gasteiger partial charge on any atom is -0.230 e. The van der Waals surface area contributed by atoms with E-state index in [0.29, 0.717) is 20.3 Å². The normalized spacial score (nSPS) is 12.3. The van der Waals surface area contributed by atoms with Crippen LogP contribution in [0.25, 0.3) is 26.7 Å². The zero-order valence-electron chi connectivity index (χ0n) is 16.2. The first-order valence-electron chi connectivity index (χ1n) is 8.97. The van der Waals surface area contributed by atoms with Crippen molar-refractivity contribution in [3.8, 4) is 26.7 Å². The number of aromatic nitrogens is 2. The number of sulfone groups is 1. The van der Waals surface area contributed by atoms with Gasteiger partial charge in [-0.25, -0.2) is 13.1 Å². The van der Waals surface area contributed by atoms with Crippen LogP contribution in [0.15, 0.2) is 65.6 Å². The summed E-state index contributed by atoms with van der Waals surface area (Å²) in [6, 6.07) is 15.1. The van der Waals surface area contributed by atoms with Gasteiger partial charge in [-0.15, -0.1) is 11.3 Å². The van der Waals surface area contributed by atoms with Gasteiger partial charge in [0.25, 0.3) is 0 Å². The number of hydrogen-bond donors (Lipinski definition) is 0. The van der Waals surface area contributed by atoms with E-state index in [4.69, 9.17) is 23.2 Å². The fourth-order valence-electron chi connectivity index (χ4n) is 3.04. The maximum absolute atomic E-state index is 13.4. The topological polar surface area (TPSA) is 52.0 Å². The fraction of sp³-hybridized carbons (Fsp3) is 0.0952. The van der Waals surface area contributed by atoms with E-state index in [-0.39, 0.29) is 21.3 Å². The smallest absolute Gasteiger partial charge is 0.230 e. The molecule has 4 nitrogen and oxygen atoms in total. The number of alkyl halides is 3. The Hall–Kier alpha value is -2.33. The van der Waals surface area contributed by atoms with Crippen molar-refractivity contribution in [2.24, 2.45) is 0 Å². The van der Waals surface area contributed by atoms with E-state index >= 15 is 0 Å². The molecule has 0 atom stereocenters. The number of rotatable bonds is 4. The first kappa shape index (κ1) is 22.8. The SMILES string of the molecule is CS(=O)(=O)c1cccc(-c2ccc(-c3cc(C(F)(F)F)nn3-c3ccc(Cl)cc3Cl)s2)c1. The monoisotopic (exact) mass is 516 g/mol. The molecule has 166 valence electrons. The van der Waals surface area contributed by atoms with Crippen LogP contribution in [-0.4, -0.2) is 24.5 Å². The van der Waals surface area contributed by atoms with E-state index in [1.807, 2.05) is 0 Å². The van der Waals surface area contributed by atoms with E-state index < -0.39 is 21.7 Å². The molecule has 0 amide bonds. The largest absolute Gasteiger partial charge is 0.435 e. The van der Waals surface area contributed by atoms with Gasteiger partial charge in [-0.3, -0.25) is 0 Å². The molecule has 0 fully saturated rings. The van der Waals surface area contributed by atoms with Gasteiger partial charge in [-0.1, -0.05) is 35.3 Å². The van der Waals surface area contributed by atoms with Gasteiger partial charge in [0.1, 0.15) is 0 Å². The molecule has 2 aromatic carbocycles. The summed E-state index contributed by atoms with van der Waals surface area (Å²) in [4.78, 5) is 1.34. The second kappa shape index (κ2) is 8.22. The second-order valence-corrected chi connectivity index (χ2v) is 10.8. The molecule has 2 heterocycles. The van der Waals surface area contributed by atoms with Crippen molar-refractivity contribution in [1.29, 1.82) is 0 Å². The Morgan fingerprint density at radius 3 is 2.34 bits per heavy atom. The third-order valence-electron chi connectivity index (χ3n) is 4.54. The standard InChI is InChI=1S/C21H13Cl2F3N2O2S2/c1-32(29,30)14-4-2-3-12(9-14)18-7-8-19(31-18)17-11-20(21(24,25)26)27-28(17)16-6-5-13(22)10-15(16)23/h2-11H,1H3. The van der Waals surface area contributed by atoms with Gasteiger partial charge < -0.3 is 0 Å². The van der Waals surface area contributed by atoms with Gasteiger partial charge in [0, 0.05) is 16.2 Å². The van der Waals surface area contributed by atoms with Gasteiger partial charge in [-0.2, -0.15) is 18.3 Å². The van der Waals surface area contributed by atoms with Crippen molar-refractivity contribution in [1.82, 2.24) is 9.78 Å². The van der Waals surface area contributed by atoms with Crippen LogP contribution in [0.4, 0.5) is 13.2 Å². The summed E-state index contributed by atoms with van der Waals surface area (Å²) in [6.07, 6.45) is -3.54. The lowest BCUT2D eigenvalue weighted by Crippen LogP contribution is -2.07. The van der Waals surface area contributed by atoms with Crippen molar-refractivity contribution in [3.63, 3.8) is 0 Å². The third kappa shape index (κ3) is 4.56.